The molecule has 8 heteroatoms. The van der Waals surface area contributed by atoms with Gasteiger partial charge >= 0.3 is 12.1 Å². The summed E-state index contributed by atoms with van der Waals surface area (Å²) in [7, 11) is 1.18. The third-order valence-electron chi connectivity index (χ3n) is 3.21. The maximum Gasteiger partial charge on any atom is 0.407 e. The van der Waals surface area contributed by atoms with Gasteiger partial charge in [0.15, 0.2) is 0 Å². The summed E-state index contributed by atoms with van der Waals surface area (Å²) >= 11 is 0. The highest BCUT2D eigenvalue weighted by Crippen LogP contribution is 2.23. The van der Waals surface area contributed by atoms with Gasteiger partial charge in [0.1, 0.15) is 17.5 Å². The molecule has 0 aliphatic carbocycles. The molecule has 0 aromatic heterocycles. The molecular weight excluding hydrogens is 333 g/mol. The Hall–Kier alpha value is -2.19. The van der Waals surface area contributed by atoms with E-state index < -0.39 is 35.7 Å². The van der Waals surface area contributed by atoms with Gasteiger partial charge in [0.25, 0.3) is 0 Å². The van der Waals surface area contributed by atoms with Crippen LogP contribution in [0.15, 0.2) is 18.2 Å². The van der Waals surface area contributed by atoms with Crippen LogP contribution < -0.4 is 5.32 Å². The number of hydrogen-bond acceptors (Lipinski definition) is 6. The number of alkyl carbamates (subject to hydrolysis) is 1. The molecule has 2 unspecified atom stereocenters. The van der Waals surface area contributed by atoms with Gasteiger partial charge in [-0.1, -0.05) is 0 Å². The molecule has 0 aliphatic heterocycles. The minimum Gasteiger partial charge on any atom is -0.465 e. The van der Waals surface area contributed by atoms with E-state index in [-0.39, 0.29) is 24.1 Å². The summed E-state index contributed by atoms with van der Waals surface area (Å²) in [6.07, 6.45) is -3.61. The fourth-order valence-corrected chi connectivity index (χ4v) is 2.02. The predicted octanol–water partition coefficient (Wildman–Crippen LogP) is 1.92. The fraction of sp³-hybridized carbons (Fsp3) is 0.529. The van der Waals surface area contributed by atoms with E-state index in [9.17, 15) is 24.2 Å². The highest BCUT2D eigenvalue weighted by molar-refractivity contribution is 5.89. The highest BCUT2D eigenvalue weighted by atomic mass is 19.1. The van der Waals surface area contributed by atoms with Crippen molar-refractivity contribution in [3.8, 4) is 0 Å². The van der Waals surface area contributed by atoms with Gasteiger partial charge in [-0.25, -0.2) is 14.0 Å². The zero-order valence-corrected chi connectivity index (χ0v) is 14.7. The quantitative estimate of drug-likeness (QED) is 0.672. The lowest BCUT2D eigenvalue weighted by atomic mass is 9.99. The van der Waals surface area contributed by atoms with E-state index >= 15 is 0 Å². The monoisotopic (exact) mass is 357 g/mol. The van der Waals surface area contributed by atoms with Gasteiger partial charge in [0, 0.05) is 12.1 Å². The highest BCUT2D eigenvalue weighted by Gasteiger charge is 2.23. The zero-order chi connectivity index (χ0) is 19.2. The van der Waals surface area contributed by atoms with Crippen LogP contribution >= 0.6 is 0 Å². The molecule has 1 amide bonds. The van der Waals surface area contributed by atoms with Gasteiger partial charge in [-0.05, 0) is 45.4 Å². The third-order valence-corrected chi connectivity index (χ3v) is 3.21. The second-order valence-electron chi connectivity index (χ2n) is 6.46. The maximum absolute atomic E-state index is 13.9. The average Bonchev–Trinajstić information content (AvgIpc) is 2.52. The molecule has 2 atom stereocenters. The van der Waals surface area contributed by atoms with E-state index in [1.807, 2.05) is 0 Å². The predicted molar refractivity (Wildman–Crippen MR) is 87.6 cm³/mol. The Bertz CT molecular complexity index is 614. The van der Waals surface area contributed by atoms with Crippen LogP contribution in [-0.4, -0.2) is 47.6 Å². The normalized spacial score (nSPS) is 13.7. The summed E-state index contributed by atoms with van der Waals surface area (Å²) in [5.74, 6) is -1.45. The molecule has 3 N–H and O–H groups in total. The number of esters is 1. The molecule has 0 saturated carbocycles. The van der Waals surface area contributed by atoms with Crippen LogP contribution in [0.2, 0.25) is 0 Å². The van der Waals surface area contributed by atoms with Crippen molar-refractivity contribution in [2.75, 3.05) is 13.7 Å². The molecular formula is C17H24FNO6. The number of benzene rings is 1. The molecule has 7 nitrogen and oxygen atoms in total. The zero-order valence-electron chi connectivity index (χ0n) is 14.7. The van der Waals surface area contributed by atoms with Crippen molar-refractivity contribution in [3.05, 3.63) is 35.1 Å². The molecule has 140 valence electrons. The fourth-order valence-electron chi connectivity index (χ4n) is 2.02. The van der Waals surface area contributed by atoms with Gasteiger partial charge in [0.2, 0.25) is 0 Å². The number of carbonyl (C=O) groups excluding carboxylic acids is 2. The van der Waals surface area contributed by atoms with E-state index in [0.29, 0.717) is 0 Å². The van der Waals surface area contributed by atoms with Crippen LogP contribution in [0.4, 0.5) is 9.18 Å². The molecule has 1 rings (SSSR count). The summed E-state index contributed by atoms with van der Waals surface area (Å²) in [4.78, 5) is 23.0. The van der Waals surface area contributed by atoms with Crippen molar-refractivity contribution < 1.29 is 33.7 Å². The average molecular weight is 357 g/mol. The number of amides is 1. The maximum atomic E-state index is 13.9. The lowest BCUT2D eigenvalue weighted by molar-refractivity contribution is 0.0102. The second kappa shape index (κ2) is 8.77. The van der Waals surface area contributed by atoms with E-state index in [0.717, 1.165) is 12.1 Å². The van der Waals surface area contributed by atoms with Gasteiger partial charge < -0.3 is 25.0 Å². The summed E-state index contributed by atoms with van der Waals surface area (Å²) in [6.45, 7) is 5.15. The summed E-state index contributed by atoms with van der Waals surface area (Å²) < 4.78 is 23.4. The Balaban J connectivity index is 2.66. The van der Waals surface area contributed by atoms with Crippen LogP contribution in [0.25, 0.3) is 0 Å². The van der Waals surface area contributed by atoms with E-state index in [1.54, 1.807) is 20.8 Å². The van der Waals surface area contributed by atoms with Gasteiger partial charge in [-0.2, -0.15) is 0 Å². The van der Waals surface area contributed by atoms with Gasteiger partial charge in [-0.3, -0.25) is 0 Å². The number of nitrogens with one attached hydrogen (secondary N) is 1. The standard InChI is InChI=1S/C17H24FNO6/c1-17(2,3)25-16(23)19-8-7-13(20)14(21)11-9-10(15(22)24-4)5-6-12(11)18/h5-6,9,13-14,20-21H,7-8H2,1-4H3,(H,19,23). The van der Waals surface area contributed by atoms with E-state index in [4.69, 9.17) is 4.74 Å². The molecule has 0 saturated heterocycles. The van der Waals surface area contributed by atoms with E-state index in [2.05, 4.69) is 10.1 Å². The first kappa shape index (κ1) is 20.9. The molecule has 0 heterocycles. The Kier molecular flexibility index (Phi) is 7.32. The van der Waals surface area contributed by atoms with Crippen molar-refractivity contribution in [1.29, 1.82) is 0 Å². The SMILES string of the molecule is COC(=O)c1ccc(F)c(C(O)C(O)CCNC(=O)OC(C)(C)C)c1. The Morgan fingerprint density at radius 1 is 1.28 bits per heavy atom. The number of methoxy groups -OCH3 is 1. The van der Waals surface area contributed by atoms with Crippen LogP contribution in [0.1, 0.15) is 49.2 Å². The molecule has 0 aliphatic rings. The van der Waals surface area contributed by atoms with Crippen molar-refractivity contribution in [3.63, 3.8) is 0 Å². The molecule has 1 aromatic rings. The lowest BCUT2D eigenvalue weighted by Crippen LogP contribution is -2.34. The first-order valence-electron chi connectivity index (χ1n) is 7.76. The largest absolute Gasteiger partial charge is 0.465 e. The van der Waals surface area contributed by atoms with Crippen molar-refractivity contribution in [1.82, 2.24) is 5.32 Å². The Morgan fingerprint density at radius 3 is 2.48 bits per heavy atom. The minimum atomic E-state index is -1.56. The van der Waals surface area contributed by atoms with Crippen LogP contribution in [0.3, 0.4) is 0 Å². The molecule has 0 fully saturated rings. The summed E-state index contributed by atoms with van der Waals surface area (Å²) in [5.41, 5.74) is -0.829. The number of rotatable bonds is 6. The number of aliphatic hydroxyl groups excluding tert-OH is 2. The lowest BCUT2D eigenvalue weighted by Gasteiger charge is -2.21. The Morgan fingerprint density at radius 2 is 1.92 bits per heavy atom. The molecule has 1 aromatic carbocycles. The van der Waals surface area contributed by atoms with Crippen LogP contribution in [-0.2, 0) is 9.47 Å². The van der Waals surface area contributed by atoms with Gasteiger partial charge in [0.05, 0.1) is 18.8 Å². The first-order valence-corrected chi connectivity index (χ1v) is 7.76. The summed E-state index contributed by atoms with van der Waals surface area (Å²) in [6, 6.07) is 3.35. The van der Waals surface area contributed by atoms with E-state index in [1.165, 1.54) is 13.2 Å². The smallest absolute Gasteiger partial charge is 0.407 e. The summed E-state index contributed by atoms with van der Waals surface area (Å²) in [5, 5.41) is 22.5. The van der Waals surface area contributed by atoms with Crippen molar-refractivity contribution in [2.24, 2.45) is 0 Å². The van der Waals surface area contributed by atoms with Crippen molar-refractivity contribution >= 4 is 12.1 Å². The third kappa shape index (κ3) is 6.67. The topological polar surface area (TPSA) is 105 Å². The Labute approximate surface area is 145 Å². The van der Waals surface area contributed by atoms with Crippen LogP contribution in [0.5, 0.6) is 0 Å². The molecule has 0 bridgehead atoms. The van der Waals surface area contributed by atoms with Crippen LogP contribution in [0, 0.1) is 5.82 Å². The second-order valence-corrected chi connectivity index (χ2v) is 6.46. The number of halogens is 1. The molecule has 25 heavy (non-hydrogen) atoms. The first-order chi connectivity index (χ1) is 11.5. The number of ether oxygens (including phenoxy) is 2. The van der Waals surface area contributed by atoms with Gasteiger partial charge in [-0.15, -0.1) is 0 Å². The molecule has 0 radical (unpaired) electrons. The van der Waals surface area contributed by atoms with Crippen molar-refractivity contribution in [2.45, 2.75) is 45.0 Å². The minimum absolute atomic E-state index is 0.0193. The number of hydrogen-bond donors (Lipinski definition) is 3. The number of aliphatic hydroxyl groups is 2. The molecule has 0 spiro atoms. The number of carbonyl (C=O) groups is 2.